The van der Waals surface area contributed by atoms with Gasteiger partial charge in [0.05, 0.1) is 17.7 Å². The molecule has 0 fully saturated rings. The SMILES string of the molecule is CCOC(=O)OC(=O)CCCCCCCCCCCNC(=O)c1ccccc1C(=O)OCC=C(C)CCC=C(C)C. The molecule has 228 valence electrons. The van der Waals surface area contributed by atoms with Gasteiger partial charge < -0.3 is 19.5 Å². The van der Waals surface area contributed by atoms with Crippen LogP contribution >= 0.6 is 0 Å². The second-order valence-corrected chi connectivity index (χ2v) is 10.4. The molecule has 0 aliphatic rings. The summed E-state index contributed by atoms with van der Waals surface area (Å²) in [6.07, 6.45) is 14.3. The normalized spacial score (nSPS) is 11.0. The molecule has 1 aromatic carbocycles. The van der Waals surface area contributed by atoms with Crippen LogP contribution in [0.15, 0.2) is 47.6 Å². The van der Waals surface area contributed by atoms with Crippen LogP contribution in [0.3, 0.4) is 0 Å². The van der Waals surface area contributed by atoms with Crippen LogP contribution in [0.25, 0.3) is 0 Å². The van der Waals surface area contributed by atoms with E-state index in [2.05, 4.69) is 34.7 Å². The molecule has 1 N–H and O–H groups in total. The van der Waals surface area contributed by atoms with Crippen molar-refractivity contribution in [1.82, 2.24) is 5.32 Å². The average Bonchev–Trinajstić information content (AvgIpc) is 2.93. The number of nitrogens with one attached hydrogen (secondary N) is 1. The fourth-order valence-electron chi connectivity index (χ4n) is 4.11. The summed E-state index contributed by atoms with van der Waals surface area (Å²) in [5, 5.41) is 2.92. The lowest BCUT2D eigenvalue weighted by molar-refractivity contribution is -0.139. The molecule has 1 rings (SSSR count). The lowest BCUT2D eigenvalue weighted by Gasteiger charge is -2.10. The van der Waals surface area contributed by atoms with Gasteiger partial charge in [-0.1, -0.05) is 74.3 Å². The van der Waals surface area contributed by atoms with E-state index in [1.165, 1.54) is 5.57 Å². The quantitative estimate of drug-likeness (QED) is 0.0734. The third-order valence-corrected chi connectivity index (χ3v) is 6.43. The van der Waals surface area contributed by atoms with E-state index in [0.717, 1.165) is 69.8 Å². The van der Waals surface area contributed by atoms with Gasteiger partial charge in [0.25, 0.3) is 5.91 Å². The van der Waals surface area contributed by atoms with Crippen LogP contribution in [0.4, 0.5) is 4.79 Å². The van der Waals surface area contributed by atoms with Crippen molar-refractivity contribution in [2.24, 2.45) is 0 Å². The first-order chi connectivity index (χ1) is 19.7. The number of benzene rings is 1. The summed E-state index contributed by atoms with van der Waals surface area (Å²) < 4.78 is 14.5. The summed E-state index contributed by atoms with van der Waals surface area (Å²) in [5.74, 6) is -1.30. The standard InChI is InChI=1S/C33H49NO7/c1-5-39-33(38)41-30(35)22-13-11-9-7-6-8-10-12-16-24-34-31(36)28-20-14-15-21-29(28)32(37)40-25-23-27(4)19-17-18-26(2)3/h14-15,18,20-21,23H,5-13,16-17,19,22,24-25H2,1-4H3,(H,34,36). The minimum atomic E-state index is -0.929. The van der Waals surface area contributed by atoms with E-state index in [9.17, 15) is 19.2 Å². The number of carbonyl (C=O) groups is 4. The molecule has 0 aliphatic heterocycles. The first kappa shape index (κ1) is 35.6. The van der Waals surface area contributed by atoms with Crippen molar-refractivity contribution in [2.45, 2.75) is 105 Å². The van der Waals surface area contributed by atoms with Crippen LogP contribution in [0.2, 0.25) is 0 Å². The molecule has 0 spiro atoms. The number of carbonyl (C=O) groups excluding carboxylic acids is 4. The molecule has 0 saturated heterocycles. The molecule has 0 saturated carbocycles. The van der Waals surface area contributed by atoms with E-state index in [1.54, 1.807) is 31.2 Å². The second-order valence-electron chi connectivity index (χ2n) is 10.4. The maximum Gasteiger partial charge on any atom is 0.516 e. The van der Waals surface area contributed by atoms with Gasteiger partial charge in [-0.15, -0.1) is 0 Å². The molecule has 0 bridgehead atoms. The molecular formula is C33H49NO7. The van der Waals surface area contributed by atoms with Crippen molar-refractivity contribution in [3.05, 3.63) is 58.7 Å². The van der Waals surface area contributed by atoms with Gasteiger partial charge in [-0.3, -0.25) is 9.59 Å². The Bertz CT molecular complexity index is 1010. The number of ether oxygens (including phenoxy) is 3. The fraction of sp³-hybridized carbons (Fsp3) is 0.576. The lowest BCUT2D eigenvalue weighted by atomic mass is 10.1. The highest BCUT2D eigenvalue weighted by Gasteiger charge is 2.17. The smallest absolute Gasteiger partial charge is 0.458 e. The zero-order valence-corrected chi connectivity index (χ0v) is 25.4. The van der Waals surface area contributed by atoms with Crippen LogP contribution < -0.4 is 5.32 Å². The second kappa shape index (κ2) is 22.3. The summed E-state index contributed by atoms with van der Waals surface area (Å²) in [7, 11) is 0. The maximum atomic E-state index is 12.7. The van der Waals surface area contributed by atoms with Gasteiger partial charge in [-0.05, 0) is 71.6 Å². The average molecular weight is 572 g/mol. The Hall–Kier alpha value is -3.42. The van der Waals surface area contributed by atoms with Gasteiger partial charge in [0.1, 0.15) is 6.61 Å². The first-order valence-corrected chi connectivity index (χ1v) is 14.9. The number of hydrogen-bond acceptors (Lipinski definition) is 7. The lowest BCUT2D eigenvalue weighted by Crippen LogP contribution is -2.26. The summed E-state index contributed by atoms with van der Waals surface area (Å²) in [4.78, 5) is 47.9. The minimum Gasteiger partial charge on any atom is -0.458 e. The molecule has 1 aromatic rings. The molecule has 8 heteroatoms. The number of esters is 2. The molecular weight excluding hydrogens is 522 g/mol. The summed E-state index contributed by atoms with van der Waals surface area (Å²) in [6.45, 7) is 8.74. The van der Waals surface area contributed by atoms with Gasteiger partial charge in [0.15, 0.2) is 0 Å². The first-order valence-electron chi connectivity index (χ1n) is 14.9. The van der Waals surface area contributed by atoms with E-state index < -0.39 is 18.1 Å². The Balaban J connectivity index is 2.19. The molecule has 0 atom stereocenters. The van der Waals surface area contributed by atoms with E-state index in [4.69, 9.17) is 4.74 Å². The molecule has 0 aliphatic carbocycles. The van der Waals surface area contributed by atoms with E-state index in [1.807, 2.05) is 13.0 Å². The molecule has 0 aromatic heterocycles. The van der Waals surface area contributed by atoms with Crippen molar-refractivity contribution in [3.63, 3.8) is 0 Å². The van der Waals surface area contributed by atoms with Crippen molar-refractivity contribution in [1.29, 1.82) is 0 Å². The van der Waals surface area contributed by atoms with Crippen molar-refractivity contribution < 1.29 is 33.4 Å². The Kier molecular flexibility index (Phi) is 19.4. The Labute approximate surface area is 245 Å². The van der Waals surface area contributed by atoms with Gasteiger partial charge in [0.2, 0.25) is 0 Å². The molecule has 41 heavy (non-hydrogen) atoms. The highest BCUT2D eigenvalue weighted by molar-refractivity contribution is 6.05. The van der Waals surface area contributed by atoms with Crippen LogP contribution in [-0.4, -0.2) is 43.8 Å². The maximum absolute atomic E-state index is 12.7. The molecule has 0 unspecified atom stereocenters. The number of rotatable bonds is 20. The molecule has 0 heterocycles. The van der Waals surface area contributed by atoms with E-state index in [0.29, 0.717) is 18.5 Å². The van der Waals surface area contributed by atoms with Crippen LogP contribution in [0.1, 0.15) is 125 Å². The van der Waals surface area contributed by atoms with Gasteiger partial charge in [-0.25, -0.2) is 9.59 Å². The zero-order chi connectivity index (χ0) is 30.3. The monoisotopic (exact) mass is 571 g/mol. The highest BCUT2D eigenvalue weighted by Crippen LogP contribution is 2.13. The third-order valence-electron chi connectivity index (χ3n) is 6.43. The van der Waals surface area contributed by atoms with Gasteiger partial charge in [0, 0.05) is 13.0 Å². The summed E-state index contributed by atoms with van der Waals surface area (Å²) in [6, 6.07) is 6.75. The van der Waals surface area contributed by atoms with Gasteiger partial charge in [-0.2, -0.15) is 0 Å². The molecule has 0 radical (unpaired) electrons. The number of allylic oxidation sites excluding steroid dienone is 3. The Morgan fingerprint density at radius 1 is 0.756 bits per heavy atom. The van der Waals surface area contributed by atoms with Crippen molar-refractivity contribution >= 4 is 24.0 Å². The van der Waals surface area contributed by atoms with Gasteiger partial charge >= 0.3 is 18.1 Å². The van der Waals surface area contributed by atoms with Crippen molar-refractivity contribution in [3.8, 4) is 0 Å². The van der Waals surface area contributed by atoms with Crippen LogP contribution in [0.5, 0.6) is 0 Å². The molecule has 1 amide bonds. The zero-order valence-electron chi connectivity index (χ0n) is 25.4. The number of amides is 1. The van der Waals surface area contributed by atoms with Crippen LogP contribution in [-0.2, 0) is 19.0 Å². The fourth-order valence-corrected chi connectivity index (χ4v) is 4.11. The number of hydrogen-bond donors (Lipinski definition) is 1. The largest absolute Gasteiger partial charge is 0.516 e. The molecule has 8 nitrogen and oxygen atoms in total. The van der Waals surface area contributed by atoms with Crippen LogP contribution in [0, 0.1) is 0 Å². The summed E-state index contributed by atoms with van der Waals surface area (Å²) in [5.41, 5.74) is 3.05. The Morgan fingerprint density at radius 3 is 2.00 bits per heavy atom. The topological polar surface area (TPSA) is 108 Å². The van der Waals surface area contributed by atoms with E-state index in [-0.39, 0.29) is 31.1 Å². The predicted molar refractivity (Wildman–Crippen MR) is 161 cm³/mol. The summed E-state index contributed by atoms with van der Waals surface area (Å²) >= 11 is 0. The third kappa shape index (κ3) is 17.8. The number of unbranched alkanes of at least 4 members (excludes halogenated alkanes) is 8. The minimum absolute atomic E-state index is 0.182. The highest BCUT2D eigenvalue weighted by atomic mass is 16.7. The predicted octanol–water partition coefficient (Wildman–Crippen LogP) is 7.87. The van der Waals surface area contributed by atoms with E-state index >= 15 is 0 Å². The Morgan fingerprint density at radius 2 is 1.37 bits per heavy atom. The van der Waals surface area contributed by atoms with Crippen molar-refractivity contribution in [2.75, 3.05) is 19.8 Å².